The van der Waals surface area contributed by atoms with Gasteiger partial charge in [0.1, 0.15) is 5.82 Å². The number of hydrogen-bond donors (Lipinski definition) is 1. The van der Waals surface area contributed by atoms with Gasteiger partial charge in [0.2, 0.25) is 11.8 Å². The first-order valence-electron chi connectivity index (χ1n) is 7.34. The largest absolute Gasteiger partial charge is 0.352 e. The Hall–Kier alpha value is -1.91. The summed E-state index contributed by atoms with van der Waals surface area (Å²) in [6.45, 7) is 1.79. The molecule has 0 aliphatic heterocycles. The summed E-state index contributed by atoms with van der Waals surface area (Å²) < 4.78 is 12.9. The first-order chi connectivity index (χ1) is 10.0. The average Bonchev–Trinajstić information content (AvgIpc) is 2.93. The minimum Gasteiger partial charge on any atom is -0.352 e. The van der Waals surface area contributed by atoms with E-state index in [4.69, 9.17) is 0 Å². The number of nitrogens with one attached hydrogen (secondary N) is 1. The van der Waals surface area contributed by atoms with Crippen LogP contribution in [0.2, 0.25) is 0 Å². The summed E-state index contributed by atoms with van der Waals surface area (Å²) in [6.07, 6.45) is 4.33. The molecule has 4 nitrogen and oxygen atoms in total. The quantitative estimate of drug-likeness (QED) is 0.904. The summed E-state index contributed by atoms with van der Waals surface area (Å²) in [5, 5.41) is 2.97. The molecule has 0 aromatic heterocycles. The van der Waals surface area contributed by atoms with Crippen LogP contribution in [0, 0.1) is 5.82 Å². The standard InChI is InChI=1S/C16H21FN2O2/c1-12(20)19(10-13-6-8-14(17)9-7-13)11-16(21)18-15-4-2-3-5-15/h6-9,15H,2-5,10-11H2,1H3,(H,18,21). The lowest BCUT2D eigenvalue weighted by Crippen LogP contribution is -2.42. The van der Waals surface area contributed by atoms with E-state index in [1.54, 1.807) is 12.1 Å². The van der Waals surface area contributed by atoms with Crippen LogP contribution in [0.3, 0.4) is 0 Å². The molecule has 0 atom stereocenters. The summed E-state index contributed by atoms with van der Waals surface area (Å²) in [7, 11) is 0. The minimum atomic E-state index is -0.313. The molecule has 21 heavy (non-hydrogen) atoms. The topological polar surface area (TPSA) is 49.4 Å². The second-order valence-corrected chi connectivity index (χ2v) is 5.55. The number of hydrogen-bond acceptors (Lipinski definition) is 2. The fourth-order valence-corrected chi connectivity index (χ4v) is 2.61. The van der Waals surface area contributed by atoms with E-state index in [0.717, 1.165) is 31.2 Å². The first-order valence-corrected chi connectivity index (χ1v) is 7.34. The van der Waals surface area contributed by atoms with Crippen molar-refractivity contribution in [2.75, 3.05) is 6.54 Å². The molecular weight excluding hydrogens is 271 g/mol. The monoisotopic (exact) mass is 292 g/mol. The molecule has 1 aromatic rings. The van der Waals surface area contributed by atoms with E-state index in [1.807, 2.05) is 0 Å². The maximum atomic E-state index is 12.9. The minimum absolute atomic E-state index is 0.0449. The molecule has 0 unspecified atom stereocenters. The SMILES string of the molecule is CC(=O)N(CC(=O)NC1CCCC1)Cc1ccc(F)cc1. The number of carbonyl (C=O) groups is 2. The molecule has 0 radical (unpaired) electrons. The second kappa shape index (κ2) is 7.20. The van der Waals surface area contributed by atoms with Crippen molar-refractivity contribution in [3.05, 3.63) is 35.6 Å². The number of benzene rings is 1. The normalized spacial score (nSPS) is 15.0. The Bertz CT molecular complexity index is 496. The molecule has 1 aromatic carbocycles. The number of amides is 2. The first kappa shape index (κ1) is 15.5. The van der Waals surface area contributed by atoms with E-state index >= 15 is 0 Å². The Kier molecular flexibility index (Phi) is 5.31. The zero-order valence-corrected chi connectivity index (χ0v) is 12.3. The Morgan fingerprint density at radius 2 is 1.86 bits per heavy atom. The van der Waals surface area contributed by atoms with Crippen molar-refractivity contribution in [3.8, 4) is 0 Å². The Morgan fingerprint density at radius 3 is 2.43 bits per heavy atom. The van der Waals surface area contributed by atoms with Gasteiger partial charge in [-0.25, -0.2) is 4.39 Å². The molecule has 0 bridgehead atoms. The van der Waals surface area contributed by atoms with Crippen molar-refractivity contribution < 1.29 is 14.0 Å². The molecule has 1 aliphatic carbocycles. The molecule has 5 heteroatoms. The van der Waals surface area contributed by atoms with Crippen LogP contribution in [0.5, 0.6) is 0 Å². The molecule has 0 saturated heterocycles. The highest BCUT2D eigenvalue weighted by atomic mass is 19.1. The number of halogens is 1. The summed E-state index contributed by atoms with van der Waals surface area (Å²) in [5.41, 5.74) is 0.806. The molecule has 0 heterocycles. The summed E-state index contributed by atoms with van der Waals surface area (Å²) >= 11 is 0. The Morgan fingerprint density at radius 1 is 1.24 bits per heavy atom. The van der Waals surface area contributed by atoms with Crippen molar-refractivity contribution in [2.24, 2.45) is 0 Å². The molecule has 114 valence electrons. The maximum Gasteiger partial charge on any atom is 0.239 e. The van der Waals surface area contributed by atoms with Gasteiger partial charge in [0.25, 0.3) is 0 Å². The van der Waals surface area contributed by atoms with Crippen LogP contribution >= 0.6 is 0 Å². The van der Waals surface area contributed by atoms with Crippen LogP contribution in [-0.4, -0.2) is 29.3 Å². The summed E-state index contributed by atoms with van der Waals surface area (Å²) in [5.74, 6) is -0.604. The van der Waals surface area contributed by atoms with E-state index in [1.165, 1.54) is 24.0 Å². The predicted molar refractivity (Wildman–Crippen MR) is 77.9 cm³/mol. The Balaban J connectivity index is 1.90. The lowest BCUT2D eigenvalue weighted by molar-refractivity contribution is -0.135. The molecule has 0 spiro atoms. The zero-order valence-electron chi connectivity index (χ0n) is 12.3. The molecule has 2 amide bonds. The van der Waals surface area contributed by atoms with Crippen molar-refractivity contribution in [2.45, 2.75) is 45.2 Å². The summed E-state index contributed by atoms with van der Waals surface area (Å²) in [6, 6.07) is 6.20. The maximum absolute atomic E-state index is 12.9. The smallest absolute Gasteiger partial charge is 0.239 e. The fraction of sp³-hybridized carbons (Fsp3) is 0.500. The van der Waals surface area contributed by atoms with Gasteiger partial charge in [0.15, 0.2) is 0 Å². The van der Waals surface area contributed by atoms with E-state index in [0.29, 0.717) is 6.54 Å². The molecule has 1 aliphatic rings. The third kappa shape index (κ3) is 4.85. The molecule has 1 fully saturated rings. The molecule has 1 saturated carbocycles. The van der Waals surface area contributed by atoms with Crippen LogP contribution in [0.4, 0.5) is 4.39 Å². The lowest BCUT2D eigenvalue weighted by atomic mass is 10.2. The van der Waals surface area contributed by atoms with Crippen LogP contribution < -0.4 is 5.32 Å². The van der Waals surface area contributed by atoms with Gasteiger partial charge in [-0.1, -0.05) is 25.0 Å². The zero-order chi connectivity index (χ0) is 15.2. The number of carbonyl (C=O) groups excluding carboxylic acids is 2. The van der Waals surface area contributed by atoms with Crippen LogP contribution in [0.25, 0.3) is 0 Å². The van der Waals surface area contributed by atoms with E-state index in [-0.39, 0.29) is 30.2 Å². The third-order valence-electron chi connectivity index (χ3n) is 3.79. The molecule has 1 N–H and O–H groups in total. The average molecular weight is 292 g/mol. The van der Waals surface area contributed by atoms with Crippen LogP contribution in [0.15, 0.2) is 24.3 Å². The highest BCUT2D eigenvalue weighted by Gasteiger charge is 2.19. The van der Waals surface area contributed by atoms with Gasteiger partial charge in [-0.15, -0.1) is 0 Å². The van der Waals surface area contributed by atoms with Crippen molar-refractivity contribution >= 4 is 11.8 Å². The predicted octanol–water partition coefficient (Wildman–Crippen LogP) is 2.23. The number of nitrogens with zero attached hydrogens (tertiary/aromatic N) is 1. The van der Waals surface area contributed by atoms with Gasteiger partial charge in [-0.3, -0.25) is 9.59 Å². The van der Waals surface area contributed by atoms with Gasteiger partial charge in [-0.05, 0) is 30.5 Å². The van der Waals surface area contributed by atoms with Gasteiger partial charge in [0, 0.05) is 19.5 Å². The summed E-state index contributed by atoms with van der Waals surface area (Å²) in [4.78, 5) is 25.1. The highest BCUT2D eigenvalue weighted by Crippen LogP contribution is 2.17. The molecular formula is C16H21FN2O2. The van der Waals surface area contributed by atoms with Gasteiger partial charge in [-0.2, -0.15) is 0 Å². The number of rotatable bonds is 5. The van der Waals surface area contributed by atoms with E-state index in [2.05, 4.69) is 5.32 Å². The van der Waals surface area contributed by atoms with E-state index in [9.17, 15) is 14.0 Å². The van der Waals surface area contributed by atoms with Crippen molar-refractivity contribution in [3.63, 3.8) is 0 Å². The van der Waals surface area contributed by atoms with Crippen LogP contribution in [0.1, 0.15) is 38.2 Å². The van der Waals surface area contributed by atoms with Gasteiger partial charge < -0.3 is 10.2 Å². The van der Waals surface area contributed by atoms with Crippen LogP contribution in [-0.2, 0) is 16.1 Å². The Labute approximate surface area is 124 Å². The van der Waals surface area contributed by atoms with E-state index < -0.39 is 0 Å². The lowest BCUT2D eigenvalue weighted by Gasteiger charge is -2.22. The molecule has 2 rings (SSSR count). The fourth-order valence-electron chi connectivity index (χ4n) is 2.61. The second-order valence-electron chi connectivity index (χ2n) is 5.55. The van der Waals surface area contributed by atoms with Gasteiger partial charge >= 0.3 is 0 Å². The van der Waals surface area contributed by atoms with Crippen molar-refractivity contribution in [1.82, 2.24) is 10.2 Å². The third-order valence-corrected chi connectivity index (χ3v) is 3.79. The van der Waals surface area contributed by atoms with Crippen molar-refractivity contribution in [1.29, 1.82) is 0 Å². The van der Waals surface area contributed by atoms with Gasteiger partial charge in [0.05, 0.1) is 6.54 Å². The highest BCUT2D eigenvalue weighted by molar-refractivity contribution is 5.83.